The van der Waals surface area contributed by atoms with Crippen LogP contribution in [-0.2, 0) is 11.6 Å². The number of alkyl halides is 3. The molecular weight excluding hydrogens is 505 g/mol. The Bertz CT molecular complexity index is 1420. The molecule has 0 fully saturated rings. The van der Waals surface area contributed by atoms with Crippen LogP contribution >= 0.6 is 0 Å². The van der Waals surface area contributed by atoms with Gasteiger partial charge in [0.25, 0.3) is 0 Å². The molecule has 0 aliphatic heterocycles. The molecule has 0 bridgehead atoms. The van der Waals surface area contributed by atoms with Gasteiger partial charge >= 0.3 is 6.18 Å². The van der Waals surface area contributed by atoms with Crippen molar-refractivity contribution < 1.29 is 17.9 Å². The number of aromatic nitrogens is 4. The summed E-state index contributed by atoms with van der Waals surface area (Å²) in [6.45, 7) is 11.0. The van der Waals surface area contributed by atoms with Gasteiger partial charge in [0.1, 0.15) is 17.6 Å². The molecule has 3 heterocycles. The first-order chi connectivity index (χ1) is 18.6. The van der Waals surface area contributed by atoms with Gasteiger partial charge in [0.05, 0.1) is 23.4 Å². The smallest absolute Gasteiger partial charge is 0.418 e. The van der Waals surface area contributed by atoms with E-state index >= 15 is 0 Å². The second kappa shape index (κ2) is 11.9. The van der Waals surface area contributed by atoms with E-state index in [1.807, 2.05) is 18.2 Å². The van der Waals surface area contributed by atoms with E-state index < -0.39 is 11.7 Å². The molecule has 2 N–H and O–H groups in total. The quantitative estimate of drug-likeness (QED) is 0.212. The Morgan fingerprint density at radius 2 is 1.74 bits per heavy atom. The lowest BCUT2D eigenvalue weighted by atomic mass is 9.86. The van der Waals surface area contributed by atoms with E-state index in [0.29, 0.717) is 23.5 Å². The van der Waals surface area contributed by atoms with Crippen LogP contribution in [0.5, 0.6) is 5.75 Å². The first kappa shape index (κ1) is 28.2. The summed E-state index contributed by atoms with van der Waals surface area (Å²) in [5.41, 5.74) is 1.73. The number of anilines is 2. The lowest BCUT2D eigenvalue weighted by Crippen LogP contribution is -2.19. The van der Waals surface area contributed by atoms with Crippen LogP contribution in [0, 0.1) is 0 Å². The summed E-state index contributed by atoms with van der Waals surface area (Å²) >= 11 is 0. The van der Waals surface area contributed by atoms with E-state index in [4.69, 9.17) is 4.74 Å². The number of halogens is 3. The van der Waals surface area contributed by atoms with E-state index in [1.165, 1.54) is 30.9 Å². The Kier molecular flexibility index (Phi) is 8.64. The maximum absolute atomic E-state index is 13.5. The van der Waals surface area contributed by atoms with Gasteiger partial charge in [-0.25, -0.2) is 15.0 Å². The second-order valence-electron chi connectivity index (χ2n) is 10.2. The minimum Gasteiger partial charge on any atom is -0.493 e. The van der Waals surface area contributed by atoms with Crippen molar-refractivity contribution in [1.29, 1.82) is 0 Å². The highest BCUT2D eigenvalue weighted by Crippen LogP contribution is 2.37. The van der Waals surface area contributed by atoms with Crippen molar-refractivity contribution in [2.24, 2.45) is 0 Å². The van der Waals surface area contributed by atoms with Gasteiger partial charge in [-0.1, -0.05) is 33.8 Å². The van der Waals surface area contributed by atoms with E-state index in [2.05, 4.69) is 58.3 Å². The topological polar surface area (TPSA) is 84.9 Å². The Hall–Kier alpha value is -3.79. The number of benzene rings is 1. The van der Waals surface area contributed by atoms with E-state index in [0.717, 1.165) is 49.0 Å². The Balaban J connectivity index is 1.61. The summed E-state index contributed by atoms with van der Waals surface area (Å²) in [7, 11) is 0. The summed E-state index contributed by atoms with van der Waals surface area (Å²) < 4.78 is 46.8. The number of fused-ring (bicyclic) bond motifs is 1. The van der Waals surface area contributed by atoms with Gasteiger partial charge in [-0.2, -0.15) is 13.2 Å². The maximum atomic E-state index is 13.5. The maximum Gasteiger partial charge on any atom is 0.418 e. The number of rotatable bonds is 10. The molecule has 3 aromatic heterocycles. The average molecular weight is 539 g/mol. The van der Waals surface area contributed by atoms with Gasteiger partial charge < -0.3 is 15.4 Å². The minimum atomic E-state index is -4.54. The van der Waals surface area contributed by atoms with E-state index in [9.17, 15) is 13.2 Å². The molecule has 39 heavy (non-hydrogen) atoms. The molecule has 4 aromatic rings. The molecular formula is C29H33F3N6O. The highest BCUT2D eigenvalue weighted by molar-refractivity contribution is 5.89. The number of ether oxygens (including phenoxy) is 1. The van der Waals surface area contributed by atoms with Crippen molar-refractivity contribution in [1.82, 2.24) is 25.3 Å². The van der Waals surface area contributed by atoms with Crippen LogP contribution in [0.2, 0.25) is 0 Å². The highest BCUT2D eigenvalue weighted by Gasteiger charge is 2.34. The largest absolute Gasteiger partial charge is 0.493 e. The zero-order valence-corrected chi connectivity index (χ0v) is 22.6. The van der Waals surface area contributed by atoms with Crippen molar-refractivity contribution in [3.63, 3.8) is 0 Å². The number of hydrogen-bond donors (Lipinski definition) is 2. The zero-order chi connectivity index (χ0) is 28.0. The van der Waals surface area contributed by atoms with Crippen molar-refractivity contribution >= 4 is 22.5 Å². The van der Waals surface area contributed by atoms with Crippen LogP contribution in [0.15, 0.2) is 55.1 Å². The molecule has 7 nitrogen and oxygen atoms in total. The number of pyridine rings is 2. The van der Waals surface area contributed by atoms with Crippen LogP contribution in [0.25, 0.3) is 22.3 Å². The highest BCUT2D eigenvalue weighted by atomic mass is 19.4. The first-order valence-electron chi connectivity index (χ1n) is 13.0. The molecule has 0 aliphatic rings. The van der Waals surface area contributed by atoms with Crippen LogP contribution in [0.4, 0.5) is 24.7 Å². The molecule has 0 amide bonds. The lowest BCUT2D eigenvalue weighted by molar-refractivity contribution is -0.137. The Morgan fingerprint density at radius 1 is 0.923 bits per heavy atom. The summed E-state index contributed by atoms with van der Waals surface area (Å²) in [4.78, 5) is 16.9. The fourth-order valence-electron chi connectivity index (χ4n) is 4.19. The third-order valence-electron chi connectivity index (χ3n) is 6.10. The van der Waals surface area contributed by atoms with Crippen molar-refractivity contribution in [3.05, 3.63) is 66.2 Å². The molecule has 10 heteroatoms. The molecule has 0 radical (unpaired) electrons. The van der Waals surface area contributed by atoms with Crippen LogP contribution < -0.4 is 15.4 Å². The van der Waals surface area contributed by atoms with Gasteiger partial charge in [0.15, 0.2) is 5.82 Å². The molecule has 0 saturated carbocycles. The van der Waals surface area contributed by atoms with Crippen LogP contribution in [0.1, 0.15) is 51.7 Å². The van der Waals surface area contributed by atoms with Crippen molar-refractivity contribution in [3.8, 4) is 17.0 Å². The Morgan fingerprint density at radius 3 is 2.49 bits per heavy atom. The van der Waals surface area contributed by atoms with Gasteiger partial charge in [-0.05, 0) is 61.2 Å². The van der Waals surface area contributed by atoms with Gasteiger partial charge in [-0.3, -0.25) is 4.98 Å². The predicted octanol–water partition coefficient (Wildman–Crippen LogP) is 6.92. The van der Waals surface area contributed by atoms with E-state index in [-0.39, 0.29) is 16.7 Å². The number of nitrogens with one attached hydrogen (secondary N) is 2. The number of hydrogen-bond acceptors (Lipinski definition) is 7. The lowest BCUT2D eigenvalue weighted by Gasteiger charge is -2.24. The molecule has 0 unspecified atom stereocenters. The molecule has 0 aliphatic carbocycles. The molecule has 0 saturated heterocycles. The summed E-state index contributed by atoms with van der Waals surface area (Å²) in [5, 5.41) is 6.66. The minimum absolute atomic E-state index is 0.116. The first-order valence-corrected chi connectivity index (χ1v) is 13.0. The predicted molar refractivity (Wildman–Crippen MR) is 147 cm³/mol. The monoisotopic (exact) mass is 538 g/mol. The van der Waals surface area contributed by atoms with Gasteiger partial charge in [-0.15, -0.1) is 0 Å². The standard InChI is InChI=1S/C29H33F3N6O/c1-5-11-33-12-7-14-39-24-16-20(9-10-21(24)28(2,3)4)38-27-26-23(36-18-37-27)15-19(17-35-26)25-22(29(30,31)32)8-6-13-34-25/h6,8-10,13,15-18,33H,5,7,11-12,14H2,1-4H3,(H,36,37,38). The van der Waals surface area contributed by atoms with Crippen molar-refractivity contribution in [2.75, 3.05) is 25.0 Å². The average Bonchev–Trinajstić information content (AvgIpc) is 2.89. The fraction of sp³-hybridized carbons (Fsp3) is 0.379. The van der Waals surface area contributed by atoms with Gasteiger partial charge in [0, 0.05) is 29.7 Å². The fourth-order valence-corrected chi connectivity index (χ4v) is 4.19. The molecule has 206 valence electrons. The zero-order valence-electron chi connectivity index (χ0n) is 22.6. The van der Waals surface area contributed by atoms with Crippen LogP contribution in [0.3, 0.4) is 0 Å². The van der Waals surface area contributed by atoms with Crippen LogP contribution in [-0.4, -0.2) is 39.6 Å². The second-order valence-corrected chi connectivity index (χ2v) is 10.2. The SMILES string of the molecule is CCCNCCCOc1cc(Nc2ncnc3cc(-c4ncccc4C(F)(F)F)cnc23)ccc1C(C)(C)C. The van der Waals surface area contributed by atoms with Crippen molar-refractivity contribution in [2.45, 2.75) is 52.1 Å². The Labute approximate surface area is 226 Å². The number of nitrogens with zero attached hydrogens (tertiary/aromatic N) is 4. The van der Waals surface area contributed by atoms with E-state index in [1.54, 1.807) is 0 Å². The summed E-state index contributed by atoms with van der Waals surface area (Å²) in [6, 6.07) is 9.71. The molecule has 4 rings (SSSR count). The third kappa shape index (κ3) is 7.00. The van der Waals surface area contributed by atoms with Gasteiger partial charge in [0.2, 0.25) is 0 Å². The normalized spacial score (nSPS) is 12.1. The molecule has 0 atom stereocenters. The molecule has 0 spiro atoms. The summed E-state index contributed by atoms with van der Waals surface area (Å²) in [5.74, 6) is 1.22. The third-order valence-corrected chi connectivity index (χ3v) is 6.10. The summed E-state index contributed by atoms with van der Waals surface area (Å²) in [6.07, 6.45) is 1.47. The molecule has 1 aromatic carbocycles.